The number of amides is 2. The number of nitrogens with zero attached hydrogens (tertiary/aromatic N) is 4. The number of carbonyl (C=O) groups excluding carboxylic acids is 2. The van der Waals surface area contributed by atoms with Crippen LogP contribution in [0.5, 0.6) is 5.75 Å². The molecule has 2 N–H and O–H groups in total. The third kappa shape index (κ3) is 6.37. The zero-order valence-electron chi connectivity index (χ0n) is 18.4. The second-order valence-electron chi connectivity index (χ2n) is 7.80. The predicted molar refractivity (Wildman–Crippen MR) is 121 cm³/mol. The van der Waals surface area contributed by atoms with E-state index in [1.54, 1.807) is 29.2 Å². The third-order valence-corrected chi connectivity index (χ3v) is 5.38. The molecule has 33 heavy (non-hydrogen) atoms. The van der Waals surface area contributed by atoms with Crippen molar-refractivity contribution in [3.8, 4) is 11.8 Å². The number of nitriles is 1. The SMILES string of the molecule is CCCc1cc(F)cc(/C=N\NC(=O)CN2CCN(C(=O)c3ccc(C#N)cc3)CC2)c1O. The van der Waals surface area contributed by atoms with Crippen LogP contribution in [-0.2, 0) is 11.2 Å². The molecule has 9 heteroatoms. The fourth-order valence-electron chi connectivity index (χ4n) is 3.63. The van der Waals surface area contributed by atoms with E-state index in [1.165, 1.54) is 12.3 Å². The average molecular weight is 452 g/mol. The Kier molecular flexibility index (Phi) is 8.11. The van der Waals surface area contributed by atoms with Crippen molar-refractivity contribution in [3.63, 3.8) is 0 Å². The second-order valence-corrected chi connectivity index (χ2v) is 7.80. The number of carbonyl (C=O) groups is 2. The first-order valence-electron chi connectivity index (χ1n) is 10.8. The lowest BCUT2D eigenvalue weighted by Gasteiger charge is -2.34. The number of phenols is 1. The van der Waals surface area contributed by atoms with Crippen molar-refractivity contribution in [2.75, 3.05) is 32.7 Å². The number of hydrazone groups is 1. The van der Waals surface area contributed by atoms with Crippen molar-refractivity contribution in [1.82, 2.24) is 15.2 Å². The molecule has 2 aromatic rings. The number of benzene rings is 2. The number of piperazine rings is 1. The Morgan fingerprint density at radius 3 is 2.55 bits per heavy atom. The molecule has 0 aromatic heterocycles. The first-order chi connectivity index (χ1) is 15.9. The van der Waals surface area contributed by atoms with E-state index in [1.807, 2.05) is 17.9 Å². The molecule has 2 aromatic carbocycles. The summed E-state index contributed by atoms with van der Waals surface area (Å²) in [6.45, 7) is 4.06. The largest absolute Gasteiger partial charge is 0.507 e. The molecule has 0 saturated carbocycles. The van der Waals surface area contributed by atoms with Crippen LogP contribution in [0.25, 0.3) is 0 Å². The molecule has 3 rings (SSSR count). The molecule has 0 bridgehead atoms. The standard InChI is InChI=1S/C24H26FN5O3/c1-2-3-19-12-21(25)13-20(23(19)32)15-27-28-22(31)16-29-8-10-30(11-9-29)24(33)18-6-4-17(14-26)5-7-18/h4-7,12-13,15,32H,2-3,8-11,16H2,1H3,(H,28,31)/b27-15-. The van der Waals surface area contributed by atoms with Crippen molar-refractivity contribution >= 4 is 18.0 Å². The van der Waals surface area contributed by atoms with E-state index in [0.717, 1.165) is 12.5 Å². The number of hydrogen-bond donors (Lipinski definition) is 2. The van der Waals surface area contributed by atoms with Gasteiger partial charge in [0.05, 0.1) is 24.4 Å². The molecule has 0 spiro atoms. The van der Waals surface area contributed by atoms with Gasteiger partial charge in [-0.1, -0.05) is 13.3 Å². The van der Waals surface area contributed by atoms with E-state index in [0.29, 0.717) is 49.3 Å². The van der Waals surface area contributed by atoms with Crippen LogP contribution in [0.1, 0.15) is 40.4 Å². The molecular formula is C24H26FN5O3. The van der Waals surface area contributed by atoms with Gasteiger partial charge in [-0.3, -0.25) is 14.5 Å². The smallest absolute Gasteiger partial charge is 0.254 e. The molecule has 1 saturated heterocycles. The van der Waals surface area contributed by atoms with Crippen LogP contribution in [0.15, 0.2) is 41.5 Å². The summed E-state index contributed by atoms with van der Waals surface area (Å²) < 4.78 is 13.7. The third-order valence-electron chi connectivity index (χ3n) is 5.38. The fraction of sp³-hybridized carbons (Fsp3) is 0.333. The number of aryl methyl sites for hydroxylation is 1. The summed E-state index contributed by atoms with van der Waals surface area (Å²) in [5.74, 6) is -0.968. The summed E-state index contributed by atoms with van der Waals surface area (Å²) in [4.78, 5) is 28.4. The van der Waals surface area contributed by atoms with Crippen LogP contribution >= 0.6 is 0 Å². The number of hydrogen-bond acceptors (Lipinski definition) is 6. The lowest BCUT2D eigenvalue weighted by atomic mass is 10.1. The Hall–Kier alpha value is -3.77. The van der Waals surface area contributed by atoms with Gasteiger partial charge in [-0.25, -0.2) is 9.82 Å². The Morgan fingerprint density at radius 2 is 1.91 bits per heavy atom. The van der Waals surface area contributed by atoms with E-state index in [-0.39, 0.29) is 29.7 Å². The number of aromatic hydroxyl groups is 1. The zero-order valence-corrected chi connectivity index (χ0v) is 18.4. The molecule has 1 heterocycles. The maximum absolute atomic E-state index is 13.7. The van der Waals surface area contributed by atoms with Crippen molar-refractivity contribution in [3.05, 3.63) is 64.5 Å². The van der Waals surface area contributed by atoms with Gasteiger partial charge in [0.15, 0.2) is 0 Å². The van der Waals surface area contributed by atoms with E-state index < -0.39 is 5.82 Å². The molecular weight excluding hydrogens is 425 g/mol. The highest BCUT2D eigenvalue weighted by Crippen LogP contribution is 2.24. The quantitative estimate of drug-likeness (QED) is 0.496. The molecule has 0 aliphatic carbocycles. The van der Waals surface area contributed by atoms with Gasteiger partial charge >= 0.3 is 0 Å². The summed E-state index contributed by atoms with van der Waals surface area (Å²) >= 11 is 0. The van der Waals surface area contributed by atoms with Gasteiger partial charge in [0.2, 0.25) is 0 Å². The molecule has 0 atom stereocenters. The van der Waals surface area contributed by atoms with Gasteiger partial charge in [0, 0.05) is 37.3 Å². The van der Waals surface area contributed by atoms with Crippen LogP contribution in [0.4, 0.5) is 4.39 Å². The number of phenolic OH excluding ortho intramolecular Hbond substituents is 1. The highest BCUT2D eigenvalue weighted by molar-refractivity contribution is 5.94. The maximum atomic E-state index is 13.7. The fourth-order valence-corrected chi connectivity index (χ4v) is 3.63. The topological polar surface area (TPSA) is 109 Å². The molecule has 2 amide bonds. The molecule has 1 fully saturated rings. The highest BCUT2D eigenvalue weighted by Gasteiger charge is 2.23. The van der Waals surface area contributed by atoms with Crippen LogP contribution in [0.2, 0.25) is 0 Å². The number of halogens is 1. The van der Waals surface area contributed by atoms with Crippen LogP contribution in [0, 0.1) is 17.1 Å². The summed E-state index contributed by atoms with van der Waals surface area (Å²) in [6.07, 6.45) is 2.52. The monoisotopic (exact) mass is 451 g/mol. The molecule has 1 aliphatic rings. The Balaban J connectivity index is 1.47. The van der Waals surface area contributed by atoms with Gasteiger partial charge in [-0.05, 0) is 48.4 Å². The van der Waals surface area contributed by atoms with Gasteiger partial charge in [0.1, 0.15) is 11.6 Å². The molecule has 0 unspecified atom stereocenters. The average Bonchev–Trinajstić information content (AvgIpc) is 2.82. The Morgan fingerprint density at radius 1 is 1.21 bits per heavy atom. The maximum Gasteiger partial charge on any atom is 0.254 e. The van der Waals surface area contributed by atoms with Gasteiger partial charge in [0.25, 0.3) is 11.8 Å². The Labute approximate surface area is 191 Å². The predicted octanol–water partition coefficient (Wildman–Crippen LogP) is 2.26. The summed E-state index contributed by atoms with van der Waals surface area (Å²) in [5, 5.41) is 22.9. The van der Waals surface area contributed by atoms with E-state index in [4.69, 9.17) is 5.26 Å². The van der Waals surface area contributed by atoms with Crippen molar-refractivity contribution in [2.24, 2.45) is 5.10 Å². The molecule has 172 valence electrons. The number of nitrogens with one attached hydrogen (secondary N) is 1. The summed E-state index contributed by atoms with van der Waals surface area (Å²) in [5.41, 5.74) is 4.12. The Bertz CT molecular complexity index is 1070. The minimum Gasteiger partial charge on any atom is -0.507 e. The van der Waals surface area contributed by atoms with Crippen LogP contribution in [0.3, 0.4) is 0 Å². The lowest BCUT2D eigenvalue weighted by Crippen LogP contribution is -2.50. The van der Waals surface area contributed by atoms with Crippen molar-refractivity contribution in [1.29, 1.82) is 5.26 Å². The van der Waals surface area contributed by atoms with E-state index in [2.05, 4.69) is 10.5 Å². The first kappa shape index (κ1) is 23.9. The lowest BCUT2D eigenvalue weighted by molar-refractivity contribution is -0.122. The molecule has 0 radical (unpaired) electrons. The van der Waals surface area contributed by atoms with Crippen molar-refractivity contribution < 1.29 is 19.1 Å². The summed E-state index contributed by atoms with van der Waals surface area (Å²) in [6, 6.07) is 11.0. The highest BCUT2D eigenvalue weighted by atomic mass is 19.1. The first-order valence-corrected chi connectivity index (χ1v) is 10.8. The normalized spacial score (nSPS) is 14.3. The minimum atomic E-state index is -0.475. The van der Waals surface area contributed by atoms with Gasteiger partial charge < -0.3 is 10.0 Å². The van der Waals surface area contributed by atoms with Crippen molar-refractivity contribution in [2.45, 2.75) is 19.8 Å². The molecule has 1 aliphatic heterocycles. The van der Waals surface area contributed by atoms with Gasteiger partial charge in [-0.2, -0.15) is 10.4 Å². The van der Waals surface area contributed by atoms with Gasteiger partial charge in [-0.15, -0.1) is 0 Å². The van der Waals surface area contributed by atoms with E-state index in [9.17, 15) is 19.1 Å². The minimum absolute atomic E-state index is 0.0423. The second kappa shape index (κ2) is 11.2. The van der Waals surface area contributed by atoms with Crippen LogP contribution in [-0.4, -0.2) is 65.7 Å². The zero-order chi connectivity index (χ0) is 23.8. The molecule has 8 nitrogen and oxygen atoms in total. The summed E-state index contributed by atoms with van der Waals surface area (Å²) in [7, 11) is 0. The van der Waals surface area contributed by atoms with Crippen LogP contribution < -0.4 is 5.43 Å². The van der Waals surface area contributed by atoms with E-state index >= 15 is 0 Å². The number of rotatable bonds is 7.